The van der Waals surface area contributed by atoms with Crippen molar-refractivity contribution in [3.63, 3.8) is 0 Å². The van der Waals surface area contributed by atoms with Crippen molar-refractivity contribution in [2.45, 2.75) is 26.7 Å². The third-order valence-corrected chi connectivity index (χ3v) is 2.74. The van der Waals surface area contributed by atoms with Gasteiger partial charge in [-0.3, -0.25) is 4.79 Å². The van der Waals surface area contributed by atoms with Crippen LogP contribution >= 0.6 is 0 Å². The Labute approximate surface area is 105 Å². The monoisotopic (exact) mass is 244 g/mol. The van der Waals surface area contributed by atoms with E-state index in [2.05, 4.69) is 9.97 Å². The maximum Gasteiger partial charge on any atom is 0.262 e. The van der Waals surface area contributed by atoms with Gasteiger partial charge in [0.05, 0.1) is 0 Å². The van der Waals surface area contributed by atoms with Crippen LogP contribution in [-0.4, -0.2) is 15.1 Å². The number of hydrogen-bond donors (Lipinski definition) is 2. The van der Waals surface area contributed by atoms with Gasteiger partial charge in [-0.25, -0.2) is 0 Å². The summed E-state index contributed by atoms with van der Waals surface area (Å²) >= 11 is 0. The molecule has 2 rings (SSSR count). The Kier molecular flexibility index (Phi) is 3.46. The lowest BCUT2D eigenvalue weighted by atomic mass is 10.1. The van der Waals surface area contributed by atoms with Crippen LogP contribution in [0, 0.1) is 6.92 Å². The van der Waals surface area contributed by atoms with Crippen molar-refractivity contribution in [1.29, 1.82) is 0 Å². The standard InChI is InChI=1S/C14H16N2O2/c1-3-5-11-15-13(17)12(14(18)16-11)10-7-4-6-9(2)8-10/h4,6-8H,3,5H2,1-2H3,(H2,15,16,17,18). The molecule has 2 aromatic rings. The van der Waals surface area contributed by atoms with Crippen LogP contribution < -0.4 is 5.56 Å². The van der Waals surface area contributed by atoms with E-state index in [9.17, 15) is 9.90 Å². The molecule has 94 valence electrons. The zero-order chi connectivity index (χ0) is 13.1. The number of benzene rings is 1. The molecule has 0 radical (unpaired) electrons. The topological polar surface area (TPSA) is 66.0 Å². The Morgan fingerprint density at radius 1 is 1.39 bits per heavy atom. The molecule has 1 aromatic heterocycles. The summed E-state index contributed by atoms with van der Waals surface area (Å²) in [5, 5.41) is 9.91. The Morgan fingerprint density at radius 2 is 2.17 bits per heavy atom. The number of aromatic amines is 1. The number of nitrogens with zero attached hydrogens (tertiary/aromatic N) is 1. The molecule has 0 amide bonds. The molecule has 1 aromatic carbocycles. The minimum absolute atomic E-state index is 0.201. The molecule has 18 heavy (non-hydrogen) atoms. The lowest BCUT2D eigenvalue weighted by molar-refractivity contribution is 0.449. The first-order valence-electron chi connectivity index (χ1n) is 6.01. The molecule has 0 aliphatic rings. The van der Waals surface area contributed by atoms with Crippen LogP contribution in [0.1, 0.15) is 24.7 Å². The lowest BCUT2D eigenvalue weighted by Gasteiger charge is -2.06. The molecular weight excluding hydrogens is 228 g/mol. The zero-order valence-electron chi connectivity index (χ0n) is 10.5. The Bertz CT molecular complexity index is 617. The Morgan fingerprint density at radius 3 is 2.78 bits per heavy atom. The average Bonchev–Trinajstić information content (AvgIpc) is 2.28. The highest BCUT2D eigenvalue weighted by Crippen LogP contribution is 2.23. The second-order valence-corrected chi connectivity index (χ2v) is 4.33. The Hall–Kier alpha value is -2.10. The van der Waals surface area contributed by atoms with Crippen molar-refractivity contribution in [2.24, 2.45) is 0 Å². The van der Waals surface area contributed by atoms with Crippen LogP contribution in [0.2, 0.25) is 0 Å². The maximum atomic E-state index is 12.0. The van der Waals surface area contributed by atoms with Crippen molar-refractivity contribution in [3.05, 3.63) is 46.0 Å². The summed E-state index contributed by atoms with van der Waals surface area (Å²) in [5.41, 5.74) is 1.66. The molecule has 0 unspecified atom stereocenters. The van der Waals surface area contributed by atoms with Gasteiger partial charge in [0.15, 0.2) is 0 Å². The summed E-state index contributed by atoms with van der Waals surface area (Å²) in [6, 6.07) is 7.43. The second kappa shape index (κ2) is 5.04. The second-order valence-electron chi connectivity index (χ2n) is 4.33. The van der Waals surface area contributed by atoms with Crippen LogP contribution in [0.25, 0.3) is 11.1 Å². The highest BCUT2D eigenvalue weighted by Gasteiger charge is 2.12. The average molecular weight is 244 g/mol. The van der Waals surface area contributed by atoms with E-state index in [-0.39, 0.29) is 17.0 Å². The normalized spacial score (nSPS) is 10.6. The fourth-order valence-electron chi connectivity index (χ4n) is 1.92. The predicted octanol–water partition coefficient (Wildman–Crippen LogP) is 2.40. The number of aryl methyl sites for hydroxylation is 2. The molecule has 0 bridgehead atoms. The minimum atomic E-state index is -0.295. The summed E-state index contributed by atoms with van der Waals surface area (Å²) in [6.07, 6.45) is 1.52. The van der Waals surface area contributed by atoms with E-state index in [0.717, 1.165) is 12.0 Å². The molecule has 4 nitrogen and oxygen atoms in total. The van der Waals surface area contributed by atoms with E-state index in [1.165, 1.54) is 0 Å². The third kappa shape index (κ3) is 2.42. The van der Waals surface area contributed by atoms with Gasteiger partial charge in [0.2, 0.25) is 5.88 Å². The van der Waals surface area contributed by atoms with Gasteiger partial charge >= 0.3 is 0 Å². The zero-order valence-corrected chi connectivity index (χ0v) is 10.5. The summed E-state index contributed by atoms with van der Waals surface area (Å²) in [6.45, 7) is 3.93. The van der Waals surface area contributed by atoms with Gasteiger partial charge in [-0.15, -0.1) is 0 Å². The van der Waals surface area contributed by atoms with E-state index >= 15 is 0 Å². The molecule has 0 aliphatic heterocycles. The molecule has 0 aliphatic carbocycles. The smallest absolute Gasteiger partial charge is 0.262 e. The van der Waals surface area contributed by atoms with Gasteiger partial charge in [0, 0.05) is 6.42 Å². The highest BCUT2D eigenvalue weighted by molar-refractivity contribution is 5.67. The number of H-pyrrole nitrogens is 1. The molecule has 0 fully saturated rings. The molecule has 4 heteroatoms. The lowest BCUT2D eigenvalue weighted by Crippen LogP contribution is -2.14. The molecule has 1 heterocycles. The van der Waals surface area contributed by atoms with E-state index in [1.807, 2.05) is 32.0 Å². The molecule has 2 N–H and O–H groups in total. The molecule has 0 atom stereocenters. The molecule has 0 spiro atoms. The van der Waals surface area contributed by atoms with Gasteiger partial charge in [-0.2, -0.15) is 4.98 Å². The molecule has 0 saturated heterocycles. The highest BCUT2D eigenvalue weighted by atomic mass is 16.3. The van der Waals surface area contributed by atoms with Crippen LogP contribution in [-0.2, 0) is 6.42 Å². The number of rotatable bonds is 3. The SMILES string of the molecule is CCCc1nc(O)c(-c2cccc(C)c2)c(=O)[nH]1. The first-order chi connectivity index (χ1) is 8.61. The fraction of sp³-hybridized carbons (Fsp3) is 0.286. The number of nitrogens with one attached hydrogen (secondary N) is 1. The summed E-state index contributed by atoms with van der Waals surface area (Å²) in [4.78, 5) is 18.7. The van der Waals surface area contributed by atoms with E-state index < -0.39 is 0 Å². The van der Waals surface area contributed by atoms with Crippen molar-refractivity contribution in [2.75, 3.05) is 0 Å². The largest absolute Gasteiger partial charge is 0.493 e. The van der Waals surface area contributed by atoms with E-state index in [1.54, 1.807) is 6.07 Å². The van der Waals surface area contributed by atoms with Crippen molar-refractivity contribution in [3.8, 4) is 17.0 Å². The maximum absolute atomic E-state index is 12.0. The summed E-state index contributed by atoms with van der Waals surface area (Å²) < 4.78 is 0. The molecular formula is C14H16N2O2. The van der Waals surface area contributed by atoms with Crippen LogP contribution in [0.15, 0.2) is 29.1 Å². The van der Waals surface area contributed by atoms with E-state index in [4.69, 9.17) is 0 Å². The van der Waals surface area contributed by atoms with Crippen molar-refractivity contribution >= 4 is 0 Å². The number of hydrogen-bond acceptors (Lipinski definition) is 3. The van der Waals surface area contributed by atoms with Crippen molar-refractivity contribution in [1.82, 2.24) is 9.97 Å². The first-order valence-corrected chi connectivity index (χ1v) is 6.01. The van der Waals surface area contributed by atoms with E-state index in [0.29, 0.717) is 17.8 Å². The number of aromatic hydroxyl groups is 1. The molecule has 0 saturated carbocycles. The quantitative estimate of drug-likeness (QED) is 0.871. The predicted molar refractivity (Wildman–Crippen MR) is 70.7 cm³/mol. The van der Waals surface area contributed by atoms with Gasteiger partial charge in [0.1, 0.15) is 11.4 Å². The van der Waals surface area contributed by atoms with Gasteiger partial charge in [-0.1, -0.05) is 36.8 Å². The van der Waals surface area contributed by atoms with Crippen LogP contribution in [0.4, 0.5) is 0 Å². The number of aromatic nitrogens is 2. The van der Waals surface area contributed by atoms with Gasteiger partial charge < -0.3 is 10.1 Å². The van der Waals surface area contributed by atoms with Crippen LogP contribution in [0.5, 0.6) is 5.88 Å². The summed E-state index contributed by atoms with van der Waals surface area (Å²) in [5.74, 6) is 0.323. The summed E-state index contributed by atoms with van der Waals surface area (Å²) in [7, 11) is 0. The Balaban J connectivity index is 2.55. The van der Waals surface area contributed by atoms with Gasteiger partial charge in [0.25, 0.3) is 5.56 Å². The van der Waals surface area contributed by atoms with Crippen LogP contribution in [0.3, 0.4) is 0 Å². The van der Waals surface area contributed by atoms with Crippen molar-refractivity contribution < 1.29 is 5.11 Å². The fourth-order valence-corrected chi connectivity index (χ4v) is 1.92. The minimum Gasteiger partial charge on any atom is -0.493 e. The first kappa shape index (κ1) is 12.4. The van der Waals surface area contributed by atoms with Gasteiger partial charge in [-0.05, 0) is 18.9 Å². The third-order valence-electron chi connectivity index (χ3n) is 2.74.